The molecule has 1 aliphatic carbocycles. The van der Waals surface area contributed by atoms with Crippen molar-refractivity contribution in [2.75, 3.05) is 7.11 Å². The average Bonchev–Trinajstić information content (AvgIpc) is 3.19. The van der Waals surface area contributed by atoms with Crippen LogP contribution in [0, 0.1) is 12.8 Å². The number of ether oxygens (including phenoxy) is 9. The van der Waals surface area contributed by atoms with Gasteiger partial charge in [0, 0.05) is 44.3 Å². The first kappa shape index (κ1) is 46.7. The number of benzene rings is 2. The molecule has 4 aliphatic heterocycles. The Morgan fingerprint density at radius 2 is 1.18 bits per heavy atom. The molecule has 20 heteroatoms. The summed E-state index contributed by atoms with van der Waals surface area (Å²) >= 11 is 0. The molecule has 2 aromatic rings. The van der Waals surface area contributed by atoms with Gasteiger partial charge in [-0.05, 0) is 64.1 Å². The summed E-state index contributed by atoms with van der Waals surface area (Å²) in [6, 6.07) is 3.05. The minimum atomic E-state index is -1.57. The Morgan fingerprint density at radius 3 is 1.68 bits per heavy atom. The summed E-state index contributed by atoms with van der Waals surface area (Å²) in [5.41, 5.74) is 0.182. The summed E-state index contributed by atoms with van der Waals surface area (Å²) in [5, 5.41) is 96.4. The predicted molar refractivity (Wildman–Crippen MR) is 209 cm³/mol. The van der Waals surface area contributed by atoms with Gasteiger partial charge in [-0.2, -0.15) is 0 Å². The number of rotatable bonds is 11. The smallest absolute Gasteiger partial charge is 0.333 e. The number of Topliss-reactive ketones (excluding diaryl/α,β-unsaturated/α-hetero) is 1. The van der Waals surface area contributed by atoms with Crippen molar-refractivity contribution in [1.82, 2.24) is 0 Å². The molecule has 4 unspecified atom stereocenters. The van der Waals surface area contributed by atoms with E-state index in [9.17, 15) is 55.5 Å². The molecular weight excluding hydrogens is 824 g/mol. The molecule has 19 atom stereocenters. The van der Waals surface area contributed by atoms with Crippen LogP contribution in [-0.2, 0) is 49.1 Å². The minimum absolute atomic E-state index is 0.00657. The maximum atomic E-state index is 14.5. The van der Waals surface area contributed by atoms with Crippen molar-refractivity contribution >= 4 is 22.5 Å². The van der Waals surface area contributed by atoms with Crippen LogP contribution in [0.3, 0.4) is 0 Å². The number of carboxylic acid groups (broad SMARTS) is 1. The molecule has 5 aliphatic rings. The Morgan fingerprint density at radius 1 is 0.694 bits per heavy atom. The maximum Gasteiger partial charge on any atom is 0.333 e. The summed E-state index contributed by atoms with van der Waals surface area (Å²) in [6.45, 7) is 7.85. The van der Waals surface area contributed by atoms with E-state index < -0.39 is 140 Å². The normalized spacial score (nSPS) is 40.8. The molecule has 346 valence electrons. The molecule has 7 rings (SSSR count). The van der Waals surface area contributed by atoms with Crippen LogP contribution in [0.25, 0.3) is 10.8 Å². The van der Waals surface area contributed by atoms with Gasteiger partial charge in [0.25, 0.3) is 0 Å². The highest BCUT2D eigenvalue weighted by Crippen LogP contribution is 2.47. The Labute approximate surface area is 356 Å². The molecule has 0 aromatic heterocycles. The van der Waals surface area contributed by atoms with Gasteiger partial charge in [-0.25, -0.2) is 4.79 Å². The van der Waals surface area contributed by atoms with E-state index in [2.05, 4.69) is 0 Å². The summed E-state index contributed by atoms with van der Waals surface area (Å²) in [7, 11) is 1.17. The molecule has 0 amide bonds. The predicted octanol–water partition coefficient (Wildman–Crippen LogP) is 0.253. The van der Waals surface area contributed by atoms with Crippen molar-refractivity contribution in [3.05, 3.63) is 28.8 Å². The number of carboxylic acids is 1. The molecule has 0 saturated carbocycles. The Balaban J connectivity index is 1.14. The fraction of sp³-hybridized carbons (Fsp3) is 0.714. The van der Waals surface area contributed by atoms with Crippen molar-refractivity contribution < 1.29 is 98.2 Å². The third kappa shape index (κ3) is 9.14. The van der Waals surface area contributed by atoms with Gasteiger partial charge in [0.1, 0.15) is 47.8 Å². The second-order valence-corrected chi connectivity index (χ2v) is 17.1. The van der Waals surface area contributed by atoms with Gasteiger partial charge < -0.3 is 88.6 Å². The van der Waals surface area contributed by atoms with E-state index in [1.807, 2.05) is 0 Å². The number of aliphatic hydroxyl groups is 6. The van der Waals surface area contributed by atoms with Gasteiger partial charge in [0.15, 0.2) is 30.8 Å². The number of carbonyl (C=O) groups excluding carboxylic acids is 1. The number of carbonyl (C=O) groups is 2. The molecule has 0 bridgehead atoms. The number of methoxy groups -OCH3 is 1. The zero-order valence-corrected chi connectivity index (χ0v) is 35.2. The topological polar surface area (TPSA) is 299 Å². The number of fused-ring (bicyclic) bond motifs is 2. The highest BCUT2D eigenvalue weighted by molar-refractivity contribution is 6.11. The monoisotopic (exact) mass is 882 g/mol. The molecule has 0 radical (unpaired) electrons. The van der Waals surface area contributed by atoms with Gasteiger partial charge in [-0.3, -0.25) is 4.79 Å². The zero-order chi connectivity index (χ0) is 45.1. The van der Waals surface area contributed by atoms with Crippen LogP contribution in [0.4, 0.5) is 0 Å². The minimum Gasteiger partial charge on any atom is -0.507 e. The van der Waals surface area contributed by atoms with Crippen molar-refractivity contribution in [1.29, 1.82) is 0 Å². The van der Waals surface area contributed by atoms with Crippen LogP contribution in [0.15, 0.2) is 12.1 Å². The number of aromatic hydroxyl groups is 2. The van der Waals surface area contributed by atoms with E-state index in [1.165, 1.54) is 26.2 Å². The lowest BCUT2D eigenvalue weighted by atomic mass is 9.76. The molecule has 2 aromatic carbocycles. The fourth-order valence-electron chi connectivity index (χ4n) is 9.17. The molecule has 20 nitrogen and oxygen atoms in total. The number of hydrogen-bond donors (Lipinski definition) is 9. The zero-order valence-electron chi connectivity index (χ0n) is 35.2. The van der Waals surface area contributed by atoms with Crippen molar-refractivity contribution in [3.63, 3.8) is 0 Å². The summed E-state index contributed by atoms with van der Waals surface area (Å²) in [5.74, 6) is -4.25. The molecule has 9 N–H and O–H groups in total. The van der Waals surface area contributed by atoms with E-state index in [1.54, 1.807) is 27.7 Å². The first-order chi connectivity index (χ1) is 29.3. The van der Waals surface area contributed by atoms with Crippen molar-refractivity contribution in [2.24, 2.45) is 5.92 Å². The van der Waals surface area contributed by atoms with Crippen LogP contribution in [0.1, 0.15) is 74.9 Å². The van der Waals surface area contributed by atoms with Crippen LogP contribution in [0.2, 0.25) is 0 Å². The highest BCUT2D eigenvalue weighted by atomic mass is 16.7. The summed E-state index contributed by atoms with van der Waals surface area (Å²) in [4.78, 5) is 27.1. The lowest BCUT2D eigenvalue weighted by Gasteiger charge is -2.43. The van der Waals surface area contributed by atoms with Crippen LogP contribution >= 0.6 is 0 Å². The lowest BCUT2D eigenvalue weighted by molar-refractivity contribution is -0.311. The van der Waals surface area contributed by atoms with Crippen molar-refractivity contribution in [3.8, 4) is 17.2 Å². The first-order valence-corrected chi connectivity index (χ1v) is 20.9. The van der Waals surface area contributed by atoms with E-state index in [0.29, 0.717) is 0 Å². The van der Waals surface area contributed by atoms with Crippen LogP contribution < -0.4 is 4.74 Å². The van der Waals surface area contributed by atoms with Gasteiger partial charge in [0.05, 0.1) is 59.8 Å². The molecule has 62 heavy (non-hydrogen) atoms. The van der Waals surface area contributed by atoms with Gasteiger partial charge in [-0.1, -0.05) is 0 Å². The van der Waals surface area contributed by atoms with Gasteiger partial charge in [0.2, 0.25) is 6.29 Å². The Kier molecular flexibility index (Phi) is 14.0. The van der Waals surface area contributed by atoms with E-state index >= 15 is 0 Å². The summed E-state index contributed by atoms with van der Waals surface area (Å²) in [6.07, 6.45) is -19.6. The van der Waals surface area contributed by atoms with Gasteiger partial charge >= 0.3 is 5.97 Å². The SMILES string of the molecule is CO[C@H](C(=O)O)[C@@H]1Cc2cc3cc(O[C@H]4C[C@@H](O[C@H]5C[C@@H](O)[C@H](O)C(C)O5)[C@H](O)C(C)O4)c(C)c(O)c3c(O)c2C(=O)[C@H]1O[C@H]1C[C@@H](O[C@H]2C[C@@H](O)[C@@H](O)C(C)O2)[C@H](O)C(C)O1. The van der Waals surface area contributed by atoms with E-state index in [4.69, 9.17) is 42.6 Å². The Bertz CT molecular complexity index is 1920. The maximum absolute atomic E-state index is 14.5. The third-order valence-electron chi connectivity index (χ3n) is 12.8. The quantitative estimate of drug-likeness (QED) is 0.146. The molecule has 4 fully saturated rings. The number of hydrogen-bond acceptors (Lipinski definition) is 19. The third-order valence-corrected chi connectivity index (χ3v) is 12.8. The van der Waals surface area contributed by atoms with E-state index in [0.717, 1.165) is 0 Å². The number of phenols is 2. The number of aliphatic carboxylic acids is 1. The molecular formula is C42H58O20. The fourth-order valence-corrected chi connectivity index (χ4v) is 9.17. The Hall–Kier alpha value is -3.32. The molecule has 0 spiro atoms. The number of aliphatic hydroxyl groups excluding tert-OH is 6. The van der Waals surface area contributed by atoms with E-state index in [-0.39, 0.29) is 65.3 Å². The highest BCUT2D eigenvalue weighted by Gasteiger charge is 2.49. The molecule has 4 heterocycles. The standard InChI is InChI=1S/C42H58O20/c1-14-24(59-29-12-25(36(48)17(4)57-29)60-27-10-22(43)34(46)15(2)55-27)9-20-7-19-8-21(41(54-6)42(52)53)40(39(51)32(19)38(50)31(20)33(14)45)62-30-13-26(37(49)18(5)58-30)61-28-11-23(44)35(47)16(3)56-28/h7,9,15-18,21-23,25-30,34-37,40-41,43-50H,8,10-13H2,1-6H3,(H,52,53)/t15?,16?,17?,18?,21-,22-,23-,25-,26-,27+,28+,29+,30+,34-,35+,36-,37-,40+,41+/m1/s1. The van der Waals surface area contributed by atoms with Crippen molar-refractivity contribution in [2.45, 2.75) is 177 Å². The molecule has 4 saturated heterocycles. The first-order valence-electron chi connectivity index (χ1n) is 20.9. The van der Waals surface area contributed by atoms with Gasteiger partial charge in [-0.15, -0.1) is 0 Å². The summed E-state index contributed by atoms with van der Waals surface area (Å²) < 4.78 is 53.1. The van der Waals surface area contributed by atoms with Crippen LogP contribution in [0.5, 0.6) is 17.2 Å². The number of phenolic OH excluding ortho intramolecular Hbond substituents is 2. The second-order valence-electron chi connectivity index (χ2n) is 17.1. The number of ketones is 1. The largest absolute Gasteiger partial charge is 0.507 e. The lowest BCUT2D eigenvalue weighted by Crippen LogP contribution is -2.55. The van der Waals surface area contributed by atoms with Crippen LogP contribution in [-0.4, -0.2) is 175 Å². The average molecular weight is 883 g/mol. The second kappa shape index (κ2) is 18.6.